The minimum absolute atomic E-state index is 0. The van der Waals surface area contributed by atoms with Crippen molar-refractivity contribution in [3.8, 4) is 0 Å². The van der Waals surface area contributed by atoms with Gasteiger partial charge in [-0.15, -0.1) is 3.76 Å². The molecule has 0 rings (SSSR count). The van der Waals surface area contributed by atoms with E-state index in [-0.39, 0.29) is 29.6 Å². The monoisotopic (exact) mass is 244 g/mol. The Balaban J connectivity index is 0. The van der Waals surface area contributed by atoms with E-state index in [9.17, 15) is 8.42 Å². The first-order valence-corrected chi connectivity index (χ1v) is 3.72. The van der Waals surface area contributed by atoms with Gasteiger partial charge in [-0.25, -0.2) is 8.42 Å². The van der Waals surface area contributed by atoms with Crippen LogP contribution >= 0.6 is 22.6 Å². The number of rotatable bonds is 1. The van der Waals surface area contributed by atoms with Crippen LogP contribution in [0.15, 0.2) is 0 Å². The van der Waals surface area contributed by atoms with Gasteiger partial charge in [0.15, 0.2) is 0 Å². The van der Waals surface area contributed by atoms with E-state index in [1.54, 1.807) is 0 Å². The van der Waals surface area contributed by atoms with Crippen molar-refractivity contribution in [3.63, 3.8) is 0 Å². The molecule has 0 aromatic carbocycles. The van der Waals surface area contributed by atoms with E-state index < -0.39 is 10.1 Å². The molecule has 0 aromatic heterocycles. The summed E-state index contributed by atoms with van der Waals surface area (Å²) < 4.78 is 27.4. The number of halogens is 1. The molecule has 3 nitrogen and oxygen atoms in total. The van der Waals surface area contributed by atoms with E-state index in [1.807, 2.05) is 0 Å². The number of hydrogen-bond acceptors (Lipinski definition) is 2. The molecule has 0 spiro atoms. The second-order valence-corrected chi connectivity index (χ2v) is 3.34. The fourth-order valence-corrected chi connectivity index (χ4v) is 0. The van der Waals surface area contributed by atoms with Crippen LogP contribution < -0.4 is 29.6 Å². The van der Waals surface area contributed by atoms with E-state index in [0.29, 0.717) is 3.76 Å². The molecule has 0 bridgehead atoms. The second kappa shape index (κ2) is 4.51. The molecule has 38 valence electrons. The molecule has 0 radical (unpaired) electrons. The molecule has 7 heavy (non-hydrogen) atoms. The van der Waals surface area contributed by atoms with Gasteiger partial charge in [0, 0.05) is 0 Å². The molecule has 0 aliphatic carbocycles. The Kier molecular flexibility index (Phi) is 7.37. The van der Waals surface area contributed by atoms with E-state index >= 15 is 0 Å². The SMILES string of the molecule is O=S(=O)(O)[CH-]I.[Na+]. The predicted molar refractivity (Wildman–Crippen MR) is 29.9 cm³/mol. The summed E-state index contributed by atoms with van der Waals surface area (Å²) in [4.78, 5) is 0. The molecular formula is CH2INaO3S. The topological polar surface area (TPSA) is 54.4 Å². The molecule has 0 aliphatic rings. The van der Waals surface area contributed by atoms with Gasteiger partial charge in [0.1, 0.15) is 10.1 Å². The minimum atomic E-state index is -3.80. The molecule has 0 heterocycles. The van der Waals surface area contributed by atoms with E-state index in [2.05, 4.69) is 0 Å². The van der Waals surface area contributed by atoms with Crippen LogP contribution in [-0.2, 0) is 10.1 Å². The summed E-state index contributed by atoms with van der Waals surface area (Å²) in [6.07, 6.45) is 0. The van der Waals surface area contributed by atoms with E-state index in [0.717, 1.165) is 0 Å². The third-order valence-corrected chi connectivity index (χ3v) is 2.27. The molecule has 6 heteroatoms. The molecule has 0 aliphatic heterocycles. The summed E-state index contributed by atoms with van der Waals surface area (Å²) in [5.41, 5.74) is 0. The Morgan fingerprint density at radius 2 is 1.71 bits per heavy atom. The van der Waals surface area contributed by atoms with E-state index in [4.69, 9.17) is 4.55 Å². The van der Waals surface area contributed by atoms with Gasteiger partial charge in [-0.1, -0.05) is 0 Å². The van der Waals surface area contributed by atoms with Crippen LogP contribution in [0.5, 0.6) is 0 Å². The zero-order valence-corrected chi connectivity index (χ0v) is 8.60. The van der Waals surface area contributed by atoms with Crippen molar-refractivity contribution in [1.82, 2.24) is 0 Å². The maximum Gasteiger partial charge on any atom is 1.00 e. The molecule has 0 amide bonds. The second-order valence-electron chi connectivity index (χ2n) is 0.604. The first kappa shape index (κ1) is 11.4. The maximum atomic E-state index is 9.49. The largest absolute Gasteiger partial charge is 1.00 e. The summed E-state index contributed by atoms with van der Waals surface area (Å²) in [5.74, 6) is 0. The average Bonchev–Trinajstić information content (AvgIpc) is 1.35. The minimum Gasteiger partial charge on any atom is -0.309 e. The van der Waals surface area contributed by atoms with Crippen LogP contribution in [0.3, 0.4) is 0 Å². The van der Waals surface area contributed by atoms with Crippen LogP contribution in [0.4, 0.5) is 0 Å². The van der Waals surface area contributed by atoms with Gasteiger partial charge in [0.2, 0.25) is 0 Å². The van der Waals surface area contributed by atoms with Gasteiger partial charge in [-0.2, -0.15) is 0 Å². The summed E-state index contributed by atoms with van der Waals surface area (Å²) in [6, 6.07) is 0. The average molecular weight is 244 g/mol. The van der Waals surface area contributed by atoms with Crippen molar-refractivity contribution in [2.75, 3.05) is 0 Å². The molecular weight excluding hydrogens is 242 g/mol. The molecule has 0 saturated heterocycles. The summed E-state index contributed by atoms with van der Waals surface area (Å²) in [7, 11) is -3.80. The van der Waals surface area contributed by atoms with Crippen LogP contribution in [0.25, 0.3) is 0 Å². The van der Waals surface area contributed by atoms with Gasteiger partial charge < -0.3 is 4.55 Å². The van der Waals surface area contributed by atoms with Crippen LogP contribution in [-0.4, -0.2) is 13.0 Å². The van der Waals surface area contributed by atoms with Crippen molar-refractivity contribution in [2.45, 2.75) is 0 Å². The Morgan fingerprint density at radius 3 is 1.71 bits per heavy atom. The van der Waals surface area contributed by atoms with Crippen molar-refractivity contribution in [1.29, 1.82) is 0 Å². The summed E-state index contributed by atoms with van der Waals surface area (Å²) in [5, 5.41) is 0. The predicted octanol–water partition coefficient (Wildman–Crippen LogP) is -2.57. The fourth-order valence-electron chi connectivity index (χ4n) is 0. The van der Waals surface area contributed by atoms with Crippen molar-refractivity contribution >= 4 is 32.7 Å². The first-order chi connectivity index (χ1) is 2.56. The Morgan fingerprint density at radius 1 is 1.57 bits per heavy atom. The molecule has 0 fully saturated rings. The molecule has 0 aromatic rings. The van der Waals surface area contributed by atoms with Crippen molar-refractivity contribution in [3.05, 3.63) is 3.76 Å². The third kappa shape index (κ3) is 11.3. The Hall–Kier alpha value is 1.64. The quantitative estimate of drug-likeness (QED) is 0.239. The first-order valence-electron chi connectivity index (χ1n) is 0.970. The molecule has 0 saturated carbocycles. The maximum absolute atomic E-state index is 9.49. The van der Waals surface area contributed by atoms with Crippen LogP contribution in [0.1, 0.15) is 0 Å². The van der Waals surface area contributed by atoms with Crippen molar-refractivity contribution < 1.29 is 42.5 Å². The van der Waals surface area contributed by atoms with Crippen molar-refractivity contribution in [2.24, 2.45) is 0 Å². The van der Waals surface area contributed by atoms with Gasteiger partial charge in [-0.3, -0.25) is 22.6 Å². The molecule has 1 N–H and O–H groups in total. The van der Waals surface area contributed by atoms with Crippen LogP contribution in [0.2, 0.25) is 0 Å². The normalized spacial score (nSPS) is 10.0. The smallest absolute Gasteiger partial charge is 0.309 e. The molecule has 0 atom stereocenters. The van der Waals surface area contributed by atoms with Gasteiger partial charge in [0.25, 0.3) is 0 Å². The summed E-state index contributed by atoms with van der Waals surface area (Å²) >= 11 is 1.43. The number of hydrogen-bond donors (Lipinski definition) is 1. The third-order valence-electron chi connectivity index (χ3n) is 0.113. The Labute approximate surface area is 78.0 Å². The van der Waals surface area contributed by atoms with Crippen LogP contribution in [0, 0.1) is 3.76 Å². The van der Waals surface area contributed by atoms with E-state index in [1.165, 1.54) is 22.6 Å². The summed E-state index contributed by atoms with van der Waals surface area (Å²) in [6.45, 7) is 0. The zero-order valence-electron chi connectivity index (χ0n) is 3.63. The molecule has 0 unspecified atom stereocenters. The fraction of sp³-hybridized carbons (Fsp3) is 0. The standard InChI is InChI=1S/CH2IO3S.Na/c2-1-6(3,4)5;/h1H,(H,3,4,5);/q-1;+1. The van der Waals surface area contributed by atoms with Gasteiger partial charge in [-0.05, 0) is 0 Å². The Bertz CT molecular complexity index is 117. The van der Waals surface area contributed by atoms with Gasteiger partial charge >= 0.3 is 29.6 Å². The zero-order chi connectivity index (χ0) is 5.21. The van der Waals surface area contributed by atoms with Gasteiger partial charge in [0.05, 0.1) is 0 Å².